The molecule has 0 amide bonds. The van der Waals surface area contributed by atoms with Crippen LogP contribution in [0, 0.1) is 5.92 Å². The van der Waals surface area contributed by atoms with Crippen LogP contribution in [-0.2, 0) is 11.3 Å². The summed E-state index contributed by atoms with van der Waals surface area (Å²) in [4.78, 5) is 12.2. The number of benzene rings is 3. The standard InChI is InChI=1S/C33H42O4/c1-4-6-7-8-9-10-23-35-31-19-11-27(12-20-31)25-36-32-21-17-29(18-22-32)28-13-15-30(16-14-28)33(34)37-24-26(3)5-2/h11-22,26H,4-10,23-25H2,1-3H3. The molecule has 3 aromatic rings. The first-order chi connectivity index (χ1) is 18.1. The molecule has 0 aliphatic heterocycles. The first-order valence-electron chi connectivity index (χ1n) is 13.8. The maximum Gasteiger partial charge on any atom is 0.338 e. The van der Waals surface area contributed by atoms with E-state index in [9.17, 15) is 4.79 Å². The van der Waals surface area contributed by atoms with E-state index in [0.29, 0.717) is 24.7 Å². The predicted molar refractivity (Wildman–Crippen MR) is 151 cm³/mol. The average Bonchev–Trinajstić information content (AvgIpc) is 2.95. The molecule has 0 radical (unpaired) electrons. The van der Waals surface area contributed by atoms with Crippen molar-refractivity contribution < 1.29 is 19.0 Å². The molecule has 3 aromatic carbocycles. The minimum Gasteiger partial charge on any atom is -0.494 e. The van der Waals surface area contributed by atoms with Crippen LogP contribution in [0.4, 0.5) is 0 Å². The van der Waals surface area contributed by atoms with Crippen LogP contribution in [0.15, 0.2) is 72.8 Å². The predicted octanol–water partition coefficient (Wildman–Crippen LogP) is 8.87. The highest BCUT2D eigenvalue weighted by atomic mass is 16.5. The molecule has 0 heterocycles. The Morgan fingerprint density at radius 2 is 1.27 bits per heavy atom. The molecular formula is C33H42O4. The molecule has 4 heteroatoms. The van der Waals surface area contributed by atoms with Gasteiger partial charge in [0.15, 0.2) is 0 Å². The summed E-state index contributed by atoms with van der Waals surface area (Å²) in [6, 6.07) is 23.7. The molecule has 37 heavy (non-hydrogen) atoms. The lowest BCUT2D eigenvalue weighted by atomic mass is 10.0. The summed E-state index contributed by atoms with van der Waals surface area (Å²) in [5, 5.41) is 0. The SMILES string of the molecule is CCCCCCCCOc1ccc(COc2ccc(-c3ccc(C(=O)OCC(C)CC)cc3)cc2)cc1. The van der Waals surface area contributed by atoms with E-state index in [-0.39, 0.29) is 5.97 Å². The number of rotatable bonds is 16. The molecule has 0 saturated carbocycles. The van der Waals surface area contributed by atoms with Crippen LogP contribution < -0.4 is 9.47 Å². The first-order valence-corrected chi connectivity index (χ1v) is 13.8. The van der Waals surface area contributed by atoms with Crippen molar-refractivity contribution in [1.29, 1.82) is 0 Å². The number of carbonyl (C=O) groups is 1. The van der Waals surface area contributed by atoms with Crippen LogP contribution in [0.3, 0.4) is 0 Å². The molecule has 3 rings (SSSR count). The second-order valence-corrected chi connectivity index (χ2v) is 9.76. The van der Waals surface area contributed by atoms with Gasteiger partial charge in [0, 0.05) is 0 Å². The molecule has 0 saturated heterocycles. The quantitative estimate of drug-likeness (QED) is 0.145. The normalized spacial score (nSPS) is 11.6. The van der Waals surface area contributed by atoms with Gasteiger partial charge in [0.1, 0.15) is 18.1 Å². The van der Waals surface area contributed by atoms with Gasteiger partial charge >= 0.3 is 5.97 Å². The molecule has 0 aromatic heterocycles. The Kier molecular flexibility index (Phi) is 12.1. The van der Waals surface area contributed by atoms with Crippen LogP contribution in [-0.4, -0.2) is 19.2 Å². The van der Waals surface area contributed by atoms with Crippen LogP contribution in [0.25, 0.3) is 11.1 Å². The molecule has 0 aliphatic rings. The van der Waals surface area contributed by atoms with E-state index >= 15 is 0 Å². The van der Waals surface area contributed by atoms with Gasteiger partial charge in [-0.1, -0.05) is 95.7 Å². The Labute approximate surface area is 223 Å². The van der Waals surface area contributed by atoms with Gasteiger partial charge in [0.2, 0.25) is 0 Å². The van der Waals surface area contributed by atoms with Crippen LogP contribution >= 0.6 is 0 Å². The molecular weight excluding hydrogens is 460 g/mol. The monoisotopic (exact) mass is 502 g/mol. The first kappa shape index (κ1) is 28.3. The largest absolute Gasteiger partial charge is 0.494 e. The molecule has 1 unspecified atom stereocenters. The highest BCUT2D eigenvalue weighted by Crippen LogP contribution is 2.24. The van der Waals surface area contributed by atoms with E-state index in [0.717, 1.165) is 47.6 Å². The minimum absolute atomic E-state index is 0.270. The third kappa shape index (κ3) is 9.95. The fourth-order valence-electron chi connectivity index (χ4n) is 3.88. The van der Waals surface area contributed by atoms with Crippen LogP contribution in [0.5, 0.6) is 11.5 Å². The average molecular weight is 503 g/mol. The van der Waals surface area contributed by atoms with E-state index in [4.69, 9.17) is 14.2 Å². The fraction of sp³-hybridized carbons (Fsp3) is 0.424. The highest BCUT2D eigenvalue weighted by molar-refractivity contribution is 5.90. The summed E-state index contributed by atoms with van der Waals surface area (Å²) >= 11 is 0. The Morgan fingerprint density at radius 1 is 0.703 bits per heavy atom. The maximum atomic E-state index is 12.2. The van der Waals surface area contributed by atoms with Gasteiger partial charge < -0.3 is 14.2 Å². The minimum atomic E-state index is -0.270. The van der Waals surface area contributed by atoms with Crippen molar-refractivity contribution >= 4 is 5.97 Å². The third-order valence-corrected chi connectivity index (χ3v) is 6.60. The summed E-state index contributed by atoms with van der Waals surface area (Å²) in [6.07, 6.45) is 8.59. The van der Waals surface area contributed by atoms with E-state index in [1.165, 1.54) is 32.1 Å². The maximum absolute atomic E-state index is 12.2. The second-order valence-electron chi connectivity index (χ2n) is 9.76. The van der Waals surface area contributed by atoms with Gasteiger partial charge in [-0.25, -0.2) is 4.79 Å². The zero-order valence-electron chi connectivity index (χ0n) is 22.7. The zero-order valence-corrected chi connectivity index (χ0v) is 22.7. The number of unbranched alkanes of at least 4 members (excludes halogenated alkanes) is 5. The number of esters is 1. The summed E-state index contributed by atoms with van der Waals surface area (Å²) in [7, 11) is 0. The van der Waals surface area contributed by atoms with E-state index in [2.05, 4.69) is 32.9 Å². The van der Waals surface area contributed by atoms with Gasteiger partial charge in [-0.3, -0.25) is 0 Å². The molecule has 0 bridgehead atoms. The number of ether oxygens (including phenoxy) is 3. The van der Waals surface area contributed by atoms with Gasteiger partial charge in [-0.2, -0.15) is 0 Å². The van der Waals surface area contributed by atoms with Gasteiger partial charge in [-0.05, 0) is 65.4 Å². The van der Waals surface area contributed by atoms with Crippen LogP contribution in [0.2, 0.25) is 0 Å². The van der Waals surface area contributed by atoms with Crippen molar-refractivity contribution in [3.05, 3.63) is 83.9 Å². The van der Waals surface area contributed by atoms with Crippen molar-refractivity contribution in [2.24, 2.45) is 5.92 Å². The molecule has 1 atom stereocenters. The molecule has 0 fully saturated rings. The summed E-state index contributed by atoms with van der Waals surface area (Å²) < 4.78 is 17.2. The molecule has 4 nitrogen and oxygen atoms in total. The number of carbonyl (C=O) groups excluding carboxylic acids is 1. The summed E-state index contributed by atoms with van der Waals surface area (Å²) in [5.74, 6) is 1.83. The summed E-state index contributed by atoms with van der Waals surface area (Å²) in [6.45, 7) is 8.15. The fourth-order valence-corrected chi connectivity index (χ4v) is 3.88. The molecule has 0 aliphatic carbocycles. The van der Waals surface area contributed by atoms with Crippen molar-refractivity contribution in [2.45, 2.75) is 72.3 Å². The Morgan fingerprint density at radius 3 is 1.92 bits per heavy atom. The number of hydrogen-bond donors (Lipinski definition) is 0. The van der Waals surface area contributed by atoms with Crippen LogP contribution in [0.1, 0.15) is 81.6 Å². The Hall–Kier alpha value is -3.27. The second kappa shape index (κ2) is 15.8. The van der Waals surface area contributed by atoms with Crippen molar-refractivity contribution in [1.82, 2.24) is 0 Å². The Balaban J connectivity index is 1.41. The van der Waals surface area contributed by atoms with Crippen molar-refractivity contribution in [3.8, 4) is 22.6 Å². The van der Waals surface area contributed by atoms with Crippen molar-refractivity contribution in [2.75, 3.05) is 13.2 Å². The van der Waals surface area contributed by atoms with E-state index < -0.39 is 0 Å². The lowest BCUT2D eigenvalue weighted by molar-refractivity contribution is 0.0447. The Bertz CT molecular complexity index is 1040. The molecule has 198 valence electrons. The topological polar surface area (TPSA) is 44.8 Å². The lowest BCUT2D eigenvalue weighted by Gasteiger charge is -2.10. The van der Waals surface area contributed by atoms with Gasteiger partial charge in [0.05, 0.1) is 18.8 Å². The van der Waals surface area contributed by atoms with Crippen molar-refractivity contribution in [3.63, 3.8) is 0 Å². The van der Waals surface area contributed by atoms with Gasteiger partial charge in [-0.15, -0.1) is 0 Å². The lowest BCUT2D eigenvalue weighted by Crippen LogP contribution is -2.11. The van der Waals surface area contributed by atoms with E-state index in [1.807, 2.05) is 60.7 Å². The summed E-state index contributed by atoms with van der Waals surface area (Å²) in [5.41, 5.74) is 3.79. The molecule has 0 N–H and O–H groups in total. The van der Waals surface area contributed by atoms with E-state index in [1.54, 1.807) is 0 Å². The molecule has 0 spiro atoms. The third-order valence-electron chi connectivity index (χ3n) is 6.60. The zero-order chi connectivity index (χ0) is 26.3. The highest BCUT2D eigenvalue weighted by Gasteiger charge is 2.09. The number of hydrogen-bond acceptors (Lipinski definition) is 4. The smallest absolute Gasteiger partial charge is 0.338 e. The van der Waals surface area contributed by atoms with Gasteiger partial charge in [0.25, 0.3) is 0 Å².